The Morgan fingerprint density at radius 3 is 2.59 bits per heavy atom. The lowest BCUT2D eigenvalue weighted by Gasteiger charge is -2.05. The van der Waals surface area contributed by atoms with Crippen LogP contribution in [0.4, 0.5) is 11.4 Å². The Kier molecular flexibility index (Phi) is 3.47. The molecule has 0 saturated heterocycles. The minimum atomic E-state index is -0.462. The largest absolute Gasteiger partial charge is 0.505 e. The number of aromatic nitrogens is 1. The van der Waals surface area contributed by atoms with Crippen LogP contribution in [0.25, 0.3) is 10.9 Å². The number of aromatic amines is 1. The molecule has 1 aromatic heterocycles. The molecule has 3 aromatic rings. The average molecular weight is 293 g/mol. The summed E-state index contributed by atoms with van der Waals surface area (Å²) >= 11 is 0. The van der Waals surface area contributed by atoms with Gasteiger partial charge in [-0.15, -0.1) is 5.11 Å². The summed E-state index contributed by atoms with van der Waals surface area (Å²) in [6.07, 6.45) is 0. The van der Waals surface area contributed by atoms with E-state index in [0.29, 0.717) is 16.6 Å². The van der Waals surface area contributed by atoms with Crippen molar-refractivity contribution in [2.45, 2.75) is 13.8 Å². The van der Waals surface area contributed by atoms with E-state index in [1.54, 1.807) is 12.1 Å². The van der Waals surface area contributed by atoms with Gasteiger partial charge in [-0.3, -0.25) is 4.79 Å². The summed E-state index contributed by atoms with van der Waals surface area (Å²) in [5.41, 5.74) is 2.62. The molecule has 0 amide bonds. The van der Waals surface area contributed by atoms with Gasteiger partial charge in [-0.1, -0.05) is 24.3 Å². The highest BCUT2D eigenvalue weighted by Gasteiger charge is 2.12. The van der Waals surface area contributed by atoms with Crippen molar-refractivity contribution in [2.75, 3.05) is 0 Å². The monoisotopic (exact) mass is 293 g/mol. The van der Waals surface area contributed by atoms with Crippen molar-refractivity contribution in [3.05, 3.63) is 63.9 Å². The summed E-state index contributed by atoms with van der Waals surface area (Å²) in [7, 11) is 0. The quantitative estimate of drug-likeness (QED) is 0.692. The van der Waals surface area contributed by atoms with Gasteiger partial charge in [0.1, 0.15) is 0 Å². The van der Waals surface area contributed by atoms with Crippen molar-refractivity contribution in [2.24, 2.45) is 10.2 Å². The number of benzene rings is 2. The summed E-state index contributed by atoms with van der Waals surface area (Å²) in [5.74, 6) is -0.154. The van der Waals surface area contributed by atoms with Gasteiger partial charge >= 0.3 is 0 Å². The van der Waals surface area contributed by atoms with Crippen molar-refractivity contribution < 1.29 is 5.11 Å². The zero-order valence-electron chi connectivity index (χ0n) is 12.3. The van der Waals surface area contributed by atoms with Crippen LogP contribution in [0.3, 0.4) is 0 Å². The fourth-order valence-electron chi connectivity index (χ4n) is 2.33. The van der Waals surface area contributed by atoms with Gasteiger partial charge in [-0.2, -0.15) is 5.11 Å². The van der Waals surface area contributed by atoms with Crippen molar-refractivity contribution in [1.82, 2.24) is 4.98 Å². The second-order valence-electron chi connectivity index (χ2n) is 5.19. The van der Waals surface area contributed by atoms with E-state index < -0.39 is 5.56 Å². The van der Waals surface area contributed by atoms with Crippen LogP contribution < -0.4 is 5.56 Å². The van der Waals surface area contributed by atoms with E-state index in [1.807, 2.05) is 44.2 Å². The van der Waals surface area contributed by atoms with E-state index >= 15 is 0 Å². The van der Waals surface area contributed by atoms with E-state index in [-0.39, 0.29) is 11.4 Å². The van der Waals surface area contributed by atoms with Crippen LogP contribution in [-0.2, 0) is 0 Å². The Morgan fingerprint density at radius 2 is 1.82 bits per heavy atom. The first kappa shape index (κ1) is 14.0. The molecule has 1 heterocycles. The molecule has 0 spiro atoms. The second-order valence-corrected chi connectivity index (χ2v) is 5.19. The number of H-pyrrole nitrogens is 1. The summed E-state index contributed by atoms with van der Waals surface area (Å²) in [6.45, 7) is 3.81. The minimum Gasteiger partial charge on any atom is -0.505 e. The molecule has 0 bridgehead atoms. The molecule has 0 unspecified atom stereocenters. The van der Waals surface area contributed by atoms with E-state index in [1.165, 1.54) is 0 Å². The number of nitrogens with zero attached hydrogens (tertiary/aromatic N) is 2. The second kappa shape index (κ2) is 5.44. The van der Waals surface area contributed by atoms with Crippen LogP contribution in [0.15, 0.2) is 57.5 Å². The lowest BCUT2D eigenvalue weighted by atomic mass is 10.1. The number of aromatic hydroxyl groups is 1. The predicted octanol–water partition coefficient (Wildman–Crippen LogP) is 4.27. The molecule has 110 valence electrons. The molecular weight excluding hydrogens is 278 g/mol. The smallest absolute Gasteiger partial charge is 0.280 e. The Morgan fingerprint density at radius 1 is 1.05 bits per heavy atom. The first-order chi connectivity index (χ1) is 10.6. The van der Waals surface area contributed by atoms with E-state index in [0.717, 1.165) is 11.1 Å². The van der Waals surface area contributed by atoms with Gasteiger partial charge in [-0.25, -0.2) is 0 Å². The maximum Gasteiger partial charge on any atom is 0.280 e. The van der Waals surface area contributed by atoms with Gasteiger partial charge < -0.3 is 10.1 Å². The Balaban J connectivity index is 2.14. The molecule has 5 heteroatoms. The molecule has 3 rings (SSSR count). The molecule has 2 N–H and O–H groups in total. The molecular formula is C17H15N3O2. The third-order valence-corrected chi connectivity index (χ3v) is 3.47. The number of hydrogen-bond donors (Lipinski definition) is 2. The number of nitrogens with one attached hydrogen (secondary N) is 1. The third kappa shape index (κ3) is 2.48. The summed E-state index contributed by atoms with van der Waals surface area (Å²) in [6, 6.07) is 12.9. The molecule has 0 aliphatic carbocycles. The average Bonchev–Trinajstić information content (AvgIpc) is 2.48. The first-order valence-electron chi connectivity index (χ1n) is 6.89. The molecule has 2 aromatic carbocycles. The van der Waals surface area contributed by atoms with Gasteiger partial charge in [-0.05, 0) is 43.2 Å². The minimum absolute atomic E-state index is 0.0837. The molecule has 0 aliphatic heterocycles. The van der Waals surface area contributed by atoms with E-state index in [4.69, 9.17) is 0 Å². The third-order valence-electron chi connectivity index (χ3n) is 3.47. The fraction of sp³-hybridized carbons (Fsp3) is 0.118. The highest BCUT2D eigenvalue weighted by molar-refractivity contribution is 5.90. The SMILES string of the molecule is Cc1cccc(N=Nc2c(O)c3cccc(C)c3[nH]c2=O)c1. The zero-order valence-corrected chi connectivity index (χ0v) is 12.3. The Labute approximate surface area is 127 Å². The predicted molar refractivity (Wildman–Crippen MR) is 86.3 cm³/mol. The van der Waals surface area contributed by atoms with Gasteiger partial charge in [0.25, 0.3) is 5.56 Å². The summed E-state index contributed by atoms with van der Waals surface area (Å²) in [5, 5.41) is 18.8. The molecule has 5 nitrogen and oxygen atoms in total. The van der Waals surface area contributed by atoms with Crippen molar-refractivity contribution in [3.63, 3.8) is 0 Å². The molecule has 0 saturated carbocycles. The zero-order chi connectivity index (χ0) is 15.7. The highest BCUT2D eigenvalue weighted by atomic mass is 16.3. The highest BCUT2D eigenvalue weighted by Crippen LogP contribution is 2.32. The van der Waals surface area contributed by atoms with Gasteiger partial charge in [0, 0.05) is 5.39 Å². The van der Waals surface area contributed by atoms with Crippen LogP contribution in [0.2, 0.25) is 0 Å². The molecule has 0 aliphatic rings. The normalized spacial score (nSPS) is 11.4. The van der Waals surface area contributed by atoms with Crippen LogP contribution in [-0.4, -0.2) is 10.1 Å². The van der Waals surface area contributed by atoms with Crippen molar-refractivity contribution in [3.8, 4) is 5.75 Å². The lowest BCUT2D eigenvalue weighted by Crippen LogP contribution is -2.05. The number of pyridine rings is 1. The maximum absolute atomic E-state index is 12.1. The van der Waals surface area contributed by atoms with Gasteiger partial charge in [0.05, 0.1) is 11.2 Å². The molecule has 0 fully saturated rings. The molecule has 0 radical (unpaired) electrons. The maximum atomic E-state index is 12.1. The number of aryl methyl sites for hydroxylation is 2. The Hall–Kier alpha value is -2.95. The number of para-hydroxylation sites is 1. The fourth-order valence-corrected chi connectivity index (χ4v) is 2.33. The Bertz CT molecular complexity index is 942. The van der Waals surface area contributed by atoms with Gasteiger partial charge in [0.2, 0.25) is 0 Å². The van der Waals surface area contributed by atoms with Crippen molar-refractivity contribution in [1.29, 1.82) is 0 Å². The van der Waals surface area contributed by atoms with Crippen LogP contribution in [0.5, 0.6) is 5.75 Å². The van der Waals surface area contributed by atoms with Crippen molar-refractivity contribution >= 4 is 22.3 Å². The van der Waals surface area contributed by atoms with Crippen LogP contribution in [0, 0.1) is 13.8 Å². The van der Waals surface area contributed by atoms with Gasteiger partial charge in [0.15, 0.2) is 11.4 Å². The standard InChI is InChI=1S/C17H15N3O2/c1-10-5-3-7-12(9-10)19-20-15-16(21)13-8-4-6-11(2)14(13)18-17(15)22/h3-9H,1-2H3,(H2,18,21,22). The first-order valence-corrected chi connectivity index (χ1v) is 6.89. The number of rotatable bonds is 2. The summed E-state index contributed by atoms with van der Waals surface area (Å²) in [4.78, 5) is 14.9. The lowest BCUT2D eigenvalue weighted by molar-refractivity contribution is 0.481. The number of hydrogen-bond acceptors (Lipinski definition) is 4. The number of azo groups is 1. The van der Waals surface area contributed by atoms with E-state index in [9.17, 15) is 9.90 Å². The summed E-state index contributed by atoms with van der Waals surface area (Å²) < 4.78 is 0. The topological polar surface area (TPSA) is 77.8 Å². The number of fused-ring (bicyclic) bond motifs is 1. The molecule has 22 heavy (non-hydrogen) atoms. The van der Waals surface area contributed by atoms with E-state index in [2.05, 4.69) is 15.2 Å². The van der Waals surface area contributed by atoms with Crippen LogP contribution >= 0.6 is 0 Å². The van der Waals surface area contributed by atoms with Crippen LogP contribution in [0.1, 0.15) is 11.1 Å². The molecule has 0 atom stereocenters.